The van der Waals surface area contributed by atoms with Crippen LogP contribution in [0.4, 0.5) is 0 Å². The molecular weight excluding hydrogens is 458 g/mol. The molecule has 0 aliphatic heterocycles. The number of hydrogen-bond donors (Lipinski definition) is 3. The predicted octanol–water partition coefficient (Wildman–Crippen LogP) is 4.88. The lowest BCUT2D eigenvalue weighted by molar-refractivity contribution is -0.153. The third kappa shape index (κ3) is 19.2. The number of nitrogens with one attached hydrogen (secondary N) is 1. The number of hydrogen-bond acceptors (Lipinski definition) is 5. The fourth-order valence-corrected chi connectivity index (χ4v) is 2.78. The number of carboxylic acid groups (broad SMARTS) is 1. The number of ether oxygens (including phenoxy) is 1. The molecule has 7 heteroatoms. The second-order valence-corrected chi connectivity index (χ2v) is 8.91. The topological polar surface area (TPSA) is 113 Å². The second-order valence-electron chi connectivity index (χ2n) is 8.91. The molecule has 0 spiro atoms. The van der Waals surface area contributed by atoms with Crippen molar-refractivity contribution in [3.05, 3.63) is 48.6 Å². The highest BCUT2D eigenvalue weighted by atomic mass is 16.5. The Morgan fingerprint density at radius 1 is 0.917 bits per heavy atom. The fraction of sp³-hybridized carbons (Fsp3) is 0.552. The van der Waals surface area contributed by atoms with Crippen molar-refractivity contribution in [3.8, 4) is 11.8 Å². The van der Waals surface area contributed by atoms with Gasteiger partial charge in [-0.05, 0) is 32.1 Å². The molecular formula is C29H43NO6. The van der Waals surface area contributed by atoms with Gasteiger partial charge in [0.1, 0.15) is 6.10 Å². The van der Waals surface area contributed by atoms with Crippen LogP contribution in [0.5, 0.6) is 0 Å². The minimum Gasteiger partial charge on any atom is -0.481 e. The molecule has 3 N–H and O–H groups in total. The number of esters is 1. The number of amides is 1. The number of aliphatic hydroxyl groups excluding tert-OH is 1. The highest BCUT2D eigenvalue weighted by molar-refractivity contribution is 5.81. The van der Waals surface area contributed by atoms with Gasteiger partial charge in [0.05, 0.1) is 13.0 Å². The largest absolute Gasteiger partial charge is 0.481 e. The van der Waals surface area contributed by atoms with E-state index in [4.69, 9.17) is 9.84 Å². The van der Waals surface area contributed by atoms with Crippen LogP contribution >= 0.6 is 0 Å². The first-order chi connectivity index (χ1) is 17.2. The standard InChI is InChI=1S/C29H43NO6/c1-4-5-6-7-8-9-10-11-12-13-14-15-16-17-18-19-20-21-26(33)36-24-29(2,3)27(34)28(35)30-23-22-25(31)32/h5-6,8-9,14-15,17-18,27,34H,4,7,10,13,16,19-24H2,1-3H3,(H,30,35)(H,31,32)/b6-5-,9-8-,15-14-,18-17-/t27-/m0/s1. The minimum atomic E-state index is -1.42. The van der Waals surface area contributed by atoms with E-state index in [0.29, 0.717) is 6.42 Å². The maximum atomic E-state index is 12.0. The van der Waals surface area contributed by atoms with Crippen LogP contribution in [0.15, 0.2) is 48.6 Å². The van der Waals surface area contributed by atoms with Gasteiger partial charge in [0, 0.05) is 31.2 Å². The summed E-state index contributed by atoms with van der Waals surface area (Å²) in [5.41, 5.74) is -0.998. The molecule has 0 heterocycles. The van der Waals surface area contributed by atoms with Gasteiger partial charge in [-0.1, -0.05) is 81.2 Å². The molecule has 0 fully saturated rings. The first-order valence-corrected chi connectivity index (χ1v) is 12.6. The average molecular weight is 502 g/mol. The zero-order chi connectivity index (χ0) is 27.1. The number of carboxylic acids is 1. The summed E-state index contributed by atoms with van der Waals surface area (Å²) in [6, 6.07) is 0. The zero-order valence-corrected chi connectivity index (χ0v) is 22.0. The molecule has 0 rings (SSSR count). The summed E-state index contributed by atoms with van der Waals surface area (Å²) >= 11 is 0. The number of unbranched alkanes of at least 4 members (excludes halogenated alkanes) is 1. The van der Waals surface area contributed by atoms with Crippen molar-refractivity contribution >= 4 is 17.8 Å². The molecule has 7 nitrogen and oxygen atoms in total. The van der Waals surface area contributed by atoms with Crippen LogP contribution in [0.2, 0.25) is 0 Å². The molecule has 0 aromatic rings. The SMILES string of the molecule is CC/C=C\C/C=C\CC#CC/C=C\C/C=C\CCCC(=O)OCC(C)(C)[C@@H](O)C(=O)NCCC(=O)O. The summed E-state index contributed by atoms with van der Waals surface area (Å²) in [4.78, 5) is 34.4. The molecule has 1 amide bonds. The summed E-state index contributed by atoms with van der Waals surface area (Å²) in [6.07, 6.45) is 21.0. The maximum absolute atomic E-state index is 12.0. The molecule has 0 saturated carbocycles. The van der Waals surface area contributed by atoms with Gasteiger partial charge in [-0.3, -0.25) is 14.4 Å². The molecule has 0 bridgehead atoms. The lowest BCUT2D eigenvalue weighted by atomic mass is 9.87. The normalized spacial score (nSPS) is 12.8. The van der Waals surface area contributed by atoms with Crippen molar-refractivity contribution in [1.29, 1.82) is 0 Å². The van der Waals surface area contributed by atoms with Crippen LogP contribution in [0, 0.1) is 17.3 Å². The number of rotatable bonds is 18. The Hall–Kier alpha value is -3.11. The van der Waals surface area contributed by atoms with Crippen molar-refractivity contribution in [1.82, 2.24) is 5.32 Å². The van der Waals surface area contributed by atoms with Crippen molar-refractivity contribution in [2.75, 3.05) is 13.2 Å². The Balaban J connectivity index is 3.95. The lowest BCUT2D eigenvalue weighted by Gasteiger charge is -2.28. The third-order valence-corrected chi connectivity index (χ3v) is 5.00. The summed E-state index contributed by atoms with van der Waals surface area (Å²) in [6.45, 7) is 5.14. The van der Waals surface area contributed by atoms with Crippen LogP contribution in [-0.4, -0.2) is 47.3 Å². The molecule has 1 atom stereocenters. The Morgan fingerprint density at radius 3 is 2.08 bits per heavy atom. The van der Waals surface area contributed by atoms with Crippen LogP contribution in [0.25, 0.3) is 0 Å². The fourth-order valence-electron chi connectivity index (χ4n) is 2.78. The van der Waals surface area contributed by atoms with Crippen LogP contribution in [-0.2, 0) is 19.1 Å². The molecule has 0 aromatic heterocycles. The van der Waals surface area contributed by atoms with E-state index in [-0.39, 0.29) is 32.0 Å². The lowest BCUT2D eigenvalue weighted by Crippen LogP contribution is -2.46. The average Bonchev–Trinajstić information content (AvgIpc) is 2.83. The van der Waals surface area contributed by atoms with Crippen molar-refractivity contribution in [3.63, 3.8) is 0 Å². The van der Waals surface area contributed by atoms with Crippen molar-refractivity contribution in [2.24, 2.45) is 5.41 Å². The monoisotopic (exact) mass is 501 g/mol. The number of carbonyl (C=O) groups is 3. The number of allylic oxidation sites excluding steroid dienone is 8. The quantitative estimate of drug-likeness (QED) is 0.107. The van der Waals surface area contributed by atoms with E-state index < -0.39 is 23.4 Å². The van der Waals surface area contributed by atoms with Gasteiger partial charge in [-0.25, -0.2) is 0 Å². The Kier molecular flexibility index (Phi) is 19.4. The number of carbonyl (C=O) groups excluding carboxylic acids is 2. The second kappa shape index (κ2) is 21.2. The third-order valence-electron chi connectivity index (χ3n) is 5.00. The van der Waals surface area contributed by atoms with E-state index in [1.54, 1.807) is 13.8 Å². The Morgan fingerprint density at radius 2 is 1.50 bits per heavy atom. The summed E-state index contributed by atoms with van der Waals surface area (Å²) in [5, 5.41) is 21.1. The van der Waals surface area contributed by atoms with E-state index >= 15 is 0 Å². The van der Waals surface area contributed by atoms with Crippen molar-refractivity contribution in [2.45, 2.75) is 84.7 Å². The highest BCUT2D eigenvalue weighted by Gasteiger charge is 2.34. The molecule has 0 saturated heterocycles. The van der Waals surface area contributed by atoms with Crippen LogP contribution < -0.4 is 5.32 Å². The van der Waals surface area contributed by atoms with Gasteiger partial charge in [0.2, 0.25) is 5.91 Å². The zero-order valence-electron chi connectivity index (χ0n) is 22.0. The summed E-state index contributed by atoms with van der Waals surface area (Å²) in [5.74, 6) is 4.12. The van der Waals surface area contributed by atoms with E-state index in [1.165, 1.54) is 0 Å². The first-order valence-electron chi connectivity index (χ1n) is 12.6. The number of aliphatic carboxylic acids is 1. The van der Waals surface area contributed by atoms with Gasteiger partial charge in [-0.2, -0.15) is 0 Å². The van der Waals surface area contributed by atoms with Gasteiger partial charge < -0.3 is 20.3 Å². The van der Waals surface area contributed by atoms with E-state index in [2.05, 4.69) is 54.5 Å². The molecule has 0 aliphatic rings. The van der Waals surface area contributed by atoms with Crippen LogP contribution in [0.3, 0.4) is 0 Å². The Labute approximate surface area is 216 Å². The maximum Gasteiger partial charge on any atom is 0.305 e. The smallest absolute Gasteiger partial charge is 0.305 e. The first kappa shape index (κ1) is 32.9. The van der Waals surface area contributed by atoms with Crippen molar-refractivity contribution < 1.29 is 29.3 Å². The van der Waals surface area contributed by atoms with Gasteiger partial charge in [0.15, 0.2) is 0 Å². The van der Waals surface area contributed by atoms with E-state index in [0.717, 1.165) is 38.5 Å². The summed E-state index contributed by atoms with van der Waals surface area (Å²) in [7, 11) is 0. The molecule has 0 aliphatic carbocycles. The Bertz CT molecular complexity index is 826. The summed E-state index contributed by atoms with van der Waals surface area (Å²) < 4.78 is 5.22. The molecule has 36 heavy (non-hydrogen) atoms. The molecule has 0 unspecified atom stereocenters. The molecule has 0 aromatic carbocycles. The van der Waals surface area contributed by atoms with Crippen LogP contribution in [0.1, 0.15) is 78.6 Å². The number of aliphatic hydroxyl groups is 1. The molecule has 200 valence electrons. The predicted molar refractivity (Wildman–Crippen MR) is 143 cm³/mol. The highest BCUT2D eigenvalue weighted by Crippen LogP contribution is 2.22. The minimum absolute atomic E-state index is 0.0755. The van der Waals surface area contributed by atoms with E-state index in [1.807, 2.05) is 18.2 Å². The molecule has 0 radical (unpaired) electrons. The van der Waals surface area contributed by atoms with Gasteiger partial charge >= 0.3 is 11.9 Å². The van der Waals surface area contributed by atoms with E-state index in [9.17, 15) is 19.5 Å². The van der Waals surface area contributed by atoms with Gasteiger partial charge in [0.25, 0.3) is 0 Å². The van der Waals surface area contributed by atoms with Gasteiger partial charge in [-0.15, -0.1) is 0 Å².